The molecule has 3 heteroatoms. The van der Waals surface area contributed by atoms with Gasteiger partial charge < -0.3 is 4.90 Å². The largest absolute Gasteiger partial charge is 0.343 e. The smallest absolute Gasteiger partial charge is 0.228 e. The van der Waals surface area contributed by atoms with Crippen molar-refractivity contribution in [2.75, 3.05) is 13.1 Å². The van der Waals surface area contributed by atoms with Gasteiger partial charge in [-0.25, -0.2) is 4.57 Å². The number of rotatable bonds is 5. The van der Waals surface area contributed by atoms with Gasteiger partial charge in [0.2, 0.25) is 5.91 Å². The SMILES string of the molecule is CCN(CC)C(=O)CC[n+]1ccc(C)cc1. The van der Waals surface area contributed by atoms with E-state index in [0.717, 1.165) is 19.6 Å². The van der Waals surface area contributed by atoms with Crippen molar-refractivity contribution in [1.82, 2.24) is 4.90 Å². The Balaban J connectivity index is 2.45. The van der Waals surface area contributed by atoms with Gasteiger partial charge in [0.1, 0.15) is 0 Å². The number of carbonyl (C=O) groups is 1. The summed E-state index contributed by atoms with van der Waals surface area (Å²) < 4.78 is 2.05. The third kappa shape index (κ3) is 3.65. The molecule has 1 aromatic heterocycles. The minimum atomic E-state index is 0.234. The first-order valence-corrected chi connectivity index (χ1v) is 5.90. The van der Waals surface area contributed by atoms with Crippen LogP contribution in [-0.2, 0) is 11.3 Å². The van der Waals surface area contributed by atoms with Crippen LogP contribution >= 0.6 is 0 Å². The molecule has 0 atom stereocenters. The number of nitrogens with zero attached hydrogens (tertiary/aromatic N) is 2. The van der Waals surface area contributed by atoms with Crippen LogP contribution in [0.2, 0.25) is 0 Å². The fraction of sp³-hybridized carbons (Fsp3) is 0.538. The van der Waals surface area contributed by atoms with Crippen LogP contribution in [0.4, 0.5) is 0 Å². The predicted octanol–water partition coefficient (Wildman–Crippen LogP) is 1.54. The van der Waals surface area contributed by atoms with Gasteiger partial charge in [-0.3, -0.25) is 4.79 Å². The lowest BCUT2D eigenvalue weighted by atomic mass is 10.3. The van der Waals surface area contributed by atoms with E-state index < -0.39 is 0 Å². The second-order valence-electron chi connectivity index (χ2n) is 3.93. The predicted molar refractivity (Wildman–Crippen MR) is 63.9 cm³/mol. The molecule has 0 spiro atoms. The lowest BCUT2D eigenvalue weighted by molar-refractivity contribution is -0.696. The standard InChI is InChI=1S/C13H21N2O/c1-4-15(5-2)13(16)8-11-14-9-6-12(3)7-10-14/h6-7,9-10H,4-5,8,11H2,1-3H3/q+1. The highest BCUT2D eigenvalue weighted by Crippen LogP contribution is 1.95. The third-order valence-corrected chi connectivity index (χ3v) is 2.76. The first-order valence-electron chi connectivity index (χ1n) is 5.90. The zero-order valence-electron chi connectivity index (χ0n) is 10.4. The van der Waals surface area contributed by atoms with Gasteiger partial charge in [-0.1, -0.05) is 0 Å². The van der Waals surface area contributed by atoms with Gasteiger partial charge in [-0.15, -0.1) is 0 Å². The lowest BCUT2D eigenvalue weighted by Crippen LogP contribution is -2.38. The van der Waals surface area contributed by atoms with Crippen molar-refractivity contribution in [2.45, 2.75) is 33.7 Å². The molecule has 0 saturated carbocycles. The van der Waals surface area contributed by atoms with E-state index >= 15 is 0 Å². The van der Waals surface area contributed by atoms with Gasteiger partial charge in [-0.2, -0.15) is 0 Å². The van der Waals surface area contributed by atoms with E-state index in [1.807, 2.05) is 31.1 Å². The van der Waals surface area contributed by atoms with E-state index in [9.17, 15) is 4.79 Å². The quantitative estimate of drug-likeness (QED) is 0.692. The Kier molecular flexibility index (Phi) is 4.96. The van der Waals surface area contributed by atoms with E-state index in [4.69, 9.17) is 0 Å². The van der Waals surface area contributed by atoms with E-state index in [1.54, 1.807) is 0 Å². The number of aromatic nitrogens is 1. The molecule has 88 valence electrons. The second kappa shape index (κ2) is 6.26. The van der Waals surface area contributed by atoms with Gasteiger partial charge in [-0.05, 0) is 26.3 Å². The molecule has 1 heterocycles. The van der Waals surface area contributed by atoms with Gasteiger partial charge in [0.05, 0.1) is 6.42 Å². The Morgan fingerprint density at radius 3 is 2.31 bits per heavy atom. The summed E-state index contributed by atoms with van der Waals surface area (Å²) in [7, 11) is 0. The highest BCUT2D eigenvalue weighted by molar-refractivity contribution is 5.75. The summed E-state index contributed by atoms with van der Waals surface area (Å²) in [5.41, 5.74) is 1.24. The Morgan fingerprint density at radius 2 is 1.81 bits per heavy atom. The highest BCUT2D eigenvalue weighted by atomic mass is 16.2. The molecular weight excluding hydrogens is 200 g/mol. The molecule has 16 heavy (non-hydrogen) atoms. The molecule has 0 aliphatic rings. The minimum Gasteiger partial charge on any atom is -0.343 e. The molecule has 1 rings (SSSR count). The van der Waals surface area contributed by atoms with Gasteiger partial charge in [0.15, 0.2) is 18.9 Å². The summed E-state index contributed by atoms with van der Waals surface area (Å²) in [6, 6.07) is 4.11. The molecule has 0 aromatic carbocycles. The van der Waals surface area contributed by atoms with Crippen LogP contribution < -0.4 is 4.57 Å². The molecule has 1 aromatic rings. The zero-order valence-corrected chi connectivity index (χ0v) is 10.4. The molecule has 0 unspecified atom stereocenters. The van der Waals surface area contributed by atoms with E-state index in [1.165, 1.54) is 5.56 Å². The van der Waals surface area contributed by atoms with Crippen LogP contribution in [0.1, 0.15) is 25.8 Å². The summed E-state index contributed by atoms with van der Waals surface area (Å²) in [6.45, 7) is 8.45. The summed E-state index contributed by atoms with van der Waals surface area (Å²) in [4.78, 5) is 13.6. The van der Waals surface area contributed by atoms with Crippen molar-refractivity contribution < 1.29 is 9.36 Å². The molecular formula is C13H21N2O+. The Labute approximate surface area is 97.7 Å². The third-order valence-electron chi connectivity index (χ3n) is 2.76. The van der Waals surface area contributed by atoms with Crippen molar-refractivity contribution in [3.63, 3.8) is 0 Å². The fourth-order valence-corrected chi connectivity index (χ4v) is 1.64. The maximum atomic E-state index is 11.8. The van der Waals surface area contributed by atoms with Crippen LogP contribution in [0.3, 0.4) is 0 Å². The summed E-state index contributed by atoms with van der Waals surface area (Å²) >= 11 is 0. The Morgan fingerprint density at radius 1 is 1.25 bits per heavy atom. The molecule has 0 N–H and O–H groups in total. The first kappa shape index (κ1) is 12.7. The van der Waals surface area contributed by atoms with Crippen molar-refractivity contribution in [3.8, 4) is 0 Å². The molecule has 0 aliphatic carbocycles. The molecule has 3 nitrogen and oxygen atoms in total. The number of hydrogen-bond acceptors (Lipinski definition) is 1. The monoisotopic (exact) mass is 221 g/mol. The number of aryl methyl sites for hydroxylation is 2. The van der Waals surface area contributed by atoms with Crippen molar-refractivity contribution in [3.05, 3.63) is 30.1 Å². The zero-order chi connectivity index (χ0) is 12.0. The maximum absolute atomic E-state index is 11.8. The number of hydrogen-bond donors (Lipinski definition) is 0. The molecule has 0 radical (unpaired) electrons. The molecule has 0 aliphatic heterocycles. The van der Waals surface area contributed by atoms with Crippen molar-refractivity contribution >= 4 is 5.91 Å². The fourth-order valence-electron chi connectivity index (χ4n) is 1.64. The van der Waals surface area contributed by atoms with Crippen LogP contribution in [0, 0.1) is 6.92 Å². The molecule has 0 bridgehead atoms. The first-order chi connectivity index (χ1) is 7.67. The van der Waals surface area contributed by atoms with Gasteiger partial charge >= 0.3 is 0 Å². The van der Waals surface area contributed by atoms with E-state index in [2.05, 4.69) is 23.6 Å². The van der Waals surface area contributed by atoms with Gasteiger partial charge in [0, 0.05) is 25.2 Å². The highest BCUT2D eigenvalue weighted by Gasteiger charge is 2.11. The normalized spacial score (nSPS) is 10.2. The maximum Gasteiger partial charge on any atom is 0.228 e. The van der Waals surface area contributed by atoms with Crippen LogP contribution in [0.5, 0.6) is 0 Å². The summed E-state index contributed by atoms with van der Waals surface area (Å²) in [5, 5.41) is 0. The second-order valence-corrected chi connectivity index (χ2v) is 3.93. The molecule has 0 saturated heterocycles. The average Bonchev–Trinajstić information content (AvgIpc) is 2.30. The summed E-state index contributed by atoms with van der Waals surface area (Å²) in [5.74, 6) is 0.234. The topological polar surface area (TPSA) is 24.2 Å². The molecule has 0 fully saturated rings. The van der Waals surface area contributed by atoms with Crippen molar-refractivity contribution in [1.29, 1.82) is 0 Å². The minimum absolute atomic E-state index is 0.234. The van der Waals surface area contributed by atoms with Gasteiger partial charge in [0.25, 0.3) is 0 Å². The Hall–Kier alpha value is -1.38. The van der Waals surface area contributed by atoms with Crippen LogP contribution in [0.15, 0.2) is 24.5 Å². The average molecular weight is 221 g/mol. The molecule has 1 amide bonds. The van der Waals surface area contributed by atoms with E-state index in [-0.39, 0.29) is 5.91 Å². The lowest BCUT2D eigenvalue weighted by Gasteiger charge is -2.17. The number of amides is 1. The van der Waals surface area contributed by atoms with Crippen LogP contribution in [0.25, 0.3) is 0 Å². The number of pyridine rings is 1. The van der Waals surface area contributed by atoms with E-state index in [0.29, 0.717) is 6.42 Å². The Bertz CT molecular complexity index is 328. The summed E-state index contributed by atoms with van der Waals surface area (Å²) in [6.07, 6.45) is 4.62. The van der Waals surface area contributed by atoms with Crippen molar-refractivity contribution in [2.24, 2.45) is 0 Å². The van der Waals surface area contributed by atoms with Crippen LogP contribution in [-0.4, -0.2) is 23.9 Å². The number of carbonyl (C=O) groups excluding carboxylic acids is 1.